The predicted octanol–water partition coefficient (Wildman–Crippen LogP) is 5.20. The minimum absolute atomic E-state index is 0.263. The van der Waals surface area contributed by atoms with Crippen LogP contribution in [0.2, 0.25) is 0 Å². The number of carbonyl (C=O) groups is 1. The van der Waals surface area contributed by atoms with Crippen molar-refractivity contribution in [1.82, 2.24) is 5.32 Å². The number of para-hydroxylation sites is 1. The Morgan fingerprint density at radius 1 is 0.815 bits per heavy atom. The van der Waals surface area contributed by atoms with E-state index in [-0.39, 0.29) is 6.03 Å². The topological polar surface area (TPSA) is 59.6 Å². The van der Waals surface area contributed by atoms with Crippen molar-refractivity contribution in [3.8, 4) is 17.2 Å². The summed E-state index contributed by atoms with van der Waals surface area (Å²) >= 11 is 0. The molecule has 5 nitrogen and oxygen atoms in total. The van der Waals surface area contributed by atoms with Crippen LogP contribution in [-0.4, -0.2) is 12.6 Å². The van der Waals surface area contributed by atoms with Crippen LogP contribution in [0.5, 0.6) is 17.2 Å². The molecule has 0 spiro atoms. The Kier molecular flexibility index (Phi) is 6.30. The molecule has 0 aromatic heterocycles. The molecule has 2 N–H and O–H groups in total. The Bertz CT molecular complexity index is 847. The molecule has 5 heteroatoms. The number of anilines is 1. The number of rotatable bonds is 7. The lowest BCUT2D eigenvalue weighted by molar-refractivity contribution is 0.251. The van der Waals surface area contributed by atoms with E-state index < -0.39 is 0 Å². The van der Waals surface area contributed by atoms with Gasteiger partial charge in [0.1, 0.15) is 17.2 Å². The Balaban J connectivity index is 1.47. The number of ether oxygens (including phenoxy) is 2. The number of nitrogens with one attached hydrogen (secondary N) is 2. The molecule has 0 heterocycles. The highest BCUT2D eigenvalue weighted by Gasteiger charge is 2.03. The number of hydrogen-bond donors (Lipinski definition) is 2. The van der Waals surface area contributed by atoms with Crippen LogP contribution in [0.3, 0.4) is 0 Å². The van der Waals surface area contributed by atoms with E-state index in [1.54, 1.807) is 12.1 Å². The third kappa shape index (κ3) is 5.78. The van der Waals surface area contributed by atoms with Gasteiger partial charge in [-0.1, -0.05) is 30.3 Å². The Morgan fingerprint density at radius 3 is 2.11 bits per heavy atom. The third-order valence-electron chi connectivity index (χ3n) is 3.78. The van der Waals surface area contributed by atoms with Gasteiger partial charge in [0.15, 0.2) is 0 Å². The van der Waals surface area contributed by atoms with Crippen molar-refractivity contribution < 1.29 is 14.3 Å². The first-order valence-electron chi connectivity index (χ1n) is 8.82. The lowest BCUT2D eigenvalue weighted by Crippen LogP contribution is -2.28. The Hall–Kier alpha value is -3.47. The zero-order valence-electron chi connectivity index (χ0n) is 15.1. The van der Waals surface area contributed by atoms with Gasteiger partial charge in [-0.05, 0) is 61.0 Å². The molecule has 0 aliphatic rings. The van der Waals surface area contributed by atoms with Crippen molar-refractivity contribution in [1.29, 1.82) is 0 Å². The average Bonchev–Trinajstić information content (AvgIpc) is 2.70. The predicted molar refractivity (Wildman–Crippen MR) is 106 cm³/mol. The van der Waals surface area contributed by atoms with Crippen LogP contribution >= 0.6 is 0 Å². The number of urea groups is 1. The number of hydrogen-bond acceptors (Lipinski definition) is 3. The standard InChI is InChI=1S/C22H22N2O3/c1-2-26-19-12-8-17(9-13-19)16-23-22(25)24-18-10-14-21(15-11-18)27-20-6-4-3-5-7-20/h3-15H,2,16H2,1H3,(H2,23,24,25). The zero-order valence-corrected chi connectivity index (χ0v) is 15.1. The average molecular weight is 362 g/mol. The molecule has 0 unspecified atom stereocenters. The maximum atomic E-state index is 12.1. The fourth-order valence-corrected chi connectivity index (χ4v) is 2.46. The Morgan fingerprint density at radius 2 is 1.44 bits per heavy atom. The minimum Gasteiger partial charge on any atom is -0.494 e. The molecule has 27 heavy (non-hydrogen) atoms. The molecule has 3 aromatic rings. The monoisotopic (exact) mass is 362 g/mol. The molecule has 0 saturated heterocycles. The van der Waals surface area contributed by atoms with Gasteiger partial charge in [0.2, 0.25) is 0 Å². The van der Waals surface area contributed by atoms with Gasteiger partial charge in [-0.25, -0.2) is 4.79 Å². The number of benzene rings is 3. The summed E-state index contributed by atoms with van der Waals surface area (Å²) in [5.74, 6) is 2.30. The molecule has 3 rings (SSSR count). The van der Waals surface area contributed by atoms with Gasteiger partial charge < -0.3 is 20.1 Å². The Labute approximate surface area is 158 Å². The maximum absolute atomic E-state index is 12.1. The van der Waals surface area contributed by atoms with E-state index in [1.165, 1.54) is 0 Å². The molecule has 0 atom stereocenters. The summed E-state index contributed by atoms with van der Waals surface area (Å²) in [5.41, 5.74) is 1.69. The highest BCUT2D eigenvalue weighted by molar-refractivity contribution is 5.89. The summed E-state index contributed by atoms with van der Waals surface area (Å²) in [5, 5.41) is 5.64. The van der Waals surface area contributed by atoms with Crippen molar-refractivity contribution in [3.05, 3.63) is 84.4 Å². The minimum atomic E-state index is -0.263. The summed E-state index contributed by atoms with van der Waals surface area (Å²) in [6.45, 7) is 3.02. The number of carbonyl (C=O) groups excluding carboxylic acids is 1. The van der Waals surface area contributed by atoms with Gasteiger partial charge in [-0.2, -0.15) is 0 Å². The van der Waals surface area contributed by atoms with Gasteiger partial charge in [-0.3, -0.25) is 0 Å². The van der Waals surface area contributed by atoms with Crippen LogP contribution < -0.4 is 20.1 Å². The summed E-state index contributed by atoms with van der Waals surface area (Å²) in [6, 6.07) is 24.2. The second kappa shape index (κ2) is 9.29. The first-order chi connectivity index (χ1) is 13.2. The van der Waals surface area contributed by atoms with Crippen LogP contribution in [0.4, 0.5) is 10.5 Å². The summed E-state index contributed by atoms with van der Waals surface area (Å²) in [4.78, 5) is 12.1. The van der Waals surface area contributed by atoms with Crippen molar-refractivity contribution in [2.75, 3.05) is 11.9 Å². The number of amides is 2. The first kappa shape index (κ1) is 18.3. The van der Waals surface area contributed by atoms with Gasteiger partial charge in [0, 0.05) is 12.2 Å². The molecule has 0 aliphatic heterocycles. The van der Waals surface area contributed by atoms with E-state index in [4.69, 9.17) is 9.47 Å². The summed E-state index contributed by atoms with van der Waals surface area (Å²) < 4.78 is 11.1. The second-order valence-corrected chi connectivity index (χ2v) is 5.82. The molecule has 0 fully saturated rings. The highest BCUT2D eigenvalue weighted by atomic mass is 16.5. The van der Waals surface area contributed by atoms with Crippen molar-refractivity contribution in [2.24, 2.45) is 0 Å². The molecule has 0 radical (unpaired) electrons. The molecule has 0 bridgehead atoms. The van der Waals surface area contributed by atoms with E-state index in [9.17, 15) is 4.79 Å². The van der Waals surface area contributed by atoms with Gasteiger partial charge in [0.25, 0.3) is 0 Å². The summed E-state index contributed by atoms with van der Waals surface area (Å²) in [6.07, 6.45) is 0. The quantitative estimate of drug-likeness (QED) is 0.607. The van der Waals surface area contributed by atoms with Gasteiger partial charge >= 0.3 is 6.03 Å². The highest BCUT2D eigenvalue weighted by Crippen LogP contribution is 2.22. The van der Waals surface area contributed by atoms with Crippen molar-refractivity contribution in [3.63, 3.8) is 0 Å². The van der Waals surface area contributed by atoms with E-state index in [0.29, 0.717) is 24.6 Å². The largest absolute Gasteiger partial charge is 0.494 e. The van der Waals surface area contributed by atoms with Crippen molar-refractivity contribution in [2.45, 2.75) is 13.5 Å². The lowest BCUT2D eigenvalue weighted by Gasteiger charge is -2.10. The zero-order chi connectivity index (χ0) is 18.9. The van der Waals surface area contributed by atoms with Gasteiger partial charge in [0.05, 0.1) is 6.61 Å². The molecular formula is C22H22N2O3. The SMILES string of the molecule is CCOc1ccc(CNC(=O)Nc2ccc(Oc3ccccc3)cc2)cc1. The molecule has 138 valence electrons. The van der Waals surface area contributed by atoms with Crippen LogP contribution in [0.15, 0.2) is 78.9 Å². The van der Waals surface area contributed by atoms with E-state index in [2.05, 4.69) is 10.6 Å². The fourth-order valence-electron chi connectivity index (χ4n) is 2.46. The molecule has 3 aromatic carbocycles. The van der Waals surface area contributed by atoms with E-state index >= 15 is 0 Å². The normalized spacial score (nSPS) is 10.1. The van der Waals surface area contributed by atoms with Crippen LogP contribution in [0, 0.1) is 0 Å². The maximum Gasteiger partial charge on any atom is 0.319 e. The summed E-state index contributed by atoms with van der Waals surface area (Å²) in [7, 11) is 0. The van der Waals surface area contributed by atoms with Gasteiger partial charge in [-0.15, -0.1) is 0 Å². The molecule has 0 aliphatic carbocycles. The van der Waals surface area contributed by atoms with E-state index in [1.807, 2.05) is 73.7 Å². The lowest BCUT2D eigenvalue weighted by atomic mass is 10.2. The molecule has 0 saturated carbocycles. The van der Waals surface area contributed by atoms with E-state index in [0.717, 1.165) is 17.1 Å². The first-order valence-corrected chi connectivity index (χ1v) is 8.82. The van der Waals surface area contributed by atoms with Crippen LogP contribution in [0.25, 0.3) is 0 Å². The van der Waals surface area contributed by atoms with Crippen LogP contribution in [0.1, 0.15) is 12.5 Å². The fraction of sp³-hybridized carbons (Fsp3) is 0.136. The second-order valence-electron chi connectivity index (χ2n) is 5.82. The smallest absolute Gasteiger partial charge is 0.319 e. The molecular weight excluding hydrogens is 340 g/mol. The third-order valence-corrected chi connectivity index (χ3v) is 3.78. The van der Waals surface area contributed by atoms with Crippen molar-refractivity contribution >= 4 is 11.7 Å². The molecule has 2 amide bonds. The van der Waals surface area contributed by atoms with Crippen LogP contribution in [-0.2, 0) is 6.54 Å².